The maximum atomic E-state index is 5.98. The van der Waals surface area contributed by atoms with E-state index in [0.29, 0.717) is 0 Å². The Morgan fingerprint density at radius 1 is 1.05 bits per heavy atom. The summed E-state index contributed by atoms with van der Waals surface area (Å²) in [4.78, 5) is 0. The molecule has 2 rings (SSSR count). The van der Waals surface area contributed by atoms with Crippen molar-refractivity contribution in [1.29, 1.82) is 0 Å². The summed E-state index contributed by atoms with van der Waals surface area (Å²) in [6, 6.07) is 14.4. The van der Waals surface area contributed by atoms with Crippen molar-refractivity contribution in [2.24, 2.45) is 0 Å². The Bertz CT molecular complexity index is 549. The fourth-order valence-electron chi connectivity index (χ4n) is 1.95. The molecule has 0 unspecified atom stereocenters. The second kappa shape index (κ2) is 6.39. The highest BCUT2D eigenvalue weighted by Gasteiger charge is 2.03. The van der Waals surface area contributed by atoms with Gasteiger partial charge in [-0.25, -0.2) is 0 Å². The van der Waals surface area contributed by atoms with Crippen LogP contribution in [0.4, 0.5) is 0 Å². The first-order valence-corrected chi connectivity index (χ1v) is 6.74. The zero-order valence-corrected chi connectivity index (χ0v) is 11.9. The third-order valence-corrected chi connectivity index (χ3v) is 3.26. The number of benzene rings is 2. The molecular weight excluding hydrogens is 234 g/mol. The Labute approximate surface area is 115 Å². The van der Waals surface area contributed by atoms with Crippen LogP contribution in [-0.2, 0) is 6.54 Å². The molecule has 0 saturated heterocycles. The fourth-order valence-corrected chi connectivity index (χ4v) is 1.95. The standard InChI is InChI=1S/C17H21NO/c1-4-18-12-15-8-6-9-16(11-15)19-17-10-5-7-13(2)14(17)3/h5-11,18H,4,12H2,1-3H3. The molecule has 0 aliphatic heterocycles. The number of ether oxygens (including phenoxy) is 1. The van der Waals surface area contributed by atoms with E-state index in [1.165, 1.54) is 16.7 Å². The quantitative estimate of drug-likeness (QED) is 0.864. The molecule has 1 N–H and O–H groups in total. The van der Waals surface area contributed by atoms with E-state index >= 15 is 0 Å². The molecule has 0 aliphatic carbocycles. The van der Waals surface area contributed by atoms with E-state index < -0.39 is 0 Å². The van der Waals surface area contributed by atoms with Crippen LogP contribution in [0, 0.1) is 13.8 Å². The Morgan fingerprint density at radius 3 is 2.63 bits per heavy atom. The molecule has 0 bridgehead atoms. The molecule has 19 heavy (non-hydrogen) atoms. The van der Waals surface area contributed by atoms with E-state index in [4.69, 9.17) is 4.74 Å². The second-order valence-electron chi connectivity index (χ2n) is 4.73. The monoisotopic (exact) mass is 255 g/mol. The summed E-state index contributed by atoms with van der Waals surface area (Å²) in [7, 11) is 0. The van der Waals surface area contributed by atoms with Gasteiger partial charge in [0.25, 0.3) is 0 Å². The minimum Gasteiger partial charge on any atom is -0.457 e. The highest BCUT2D eigenvalue weighted by atomic mass is 16.5. The largest absolute Gasteiger partial charge is 0.457 e. The van der Waals surface area contributed by atoms with Crippen LogP contribution in [0.2, 0.25) is 0 Å². The van der Waals surface area contributed by atoms with Crippen LogP contribution in [-0.4, -0.2) is 6.54 Å². The molecule has 100 valence electrons. The Hall–Kier alpha value is -1.80. The lowest BCUT2D eigenvalue weighted by Crippen LogP contribution is -2.11. The Balaban J connectivity index is 2.16. The SMILES string of the molecule is CCNCc1cccc(Oc2cccc(C)c2C)c1. The van der Waals surface area contributed by atoms with E-state index in [1.807, 2.05) is 24.3 Å². The van der Waals surface area contributed by atoms with Gasteiger partial charge in [-0.1, -0.05) is 31.2 Å². The molecule has 2 heteroatoms. The predicted octanol–water partition coefficient (Wildman–Crippen LogP) is 4.21. The molecule has 0 heterocycles. The van der Waals surface area contributed by atoms with Crippen molar-refractivity contribution in [2.45, 2.75) is 27.3 Å². The smallest absolute Gasteiger partial charge is 0.130 e. The van der Waals surface area contributed by atoms with Gasteiger partial charge < -0.3 is 10.1 Å². The predicted molar refractivity (Wildman–Crippen MR) is 79.8 cm³/mol. The lowest BCUT2D eigenvalue weighted by atomic mass is 10.1. The maximum absolute atomic E-state index is 5.98. The number of hydrogen-bond acceptors (Lipinski definition) is 2. The molecule has 0 aromatic heterocycles. The van der Waals surface area contributed by atoms with Crippen LogP contribution >= 0.6 is 0 Å². The van der Waals surface area contributed by atoms with Crippen molar-refractivity contribution in [2.75, 3.05) is 6.54 Å². The Kier molecular flexibility index (Phi) is 4.58. The number of nitrogens with one attached hydrogen (secondary N) is 1. The van der Waals surface area contributed by atoms with Gasteiger partial charge in [0.1, 0.15) is 11.5 Å². The van der Waals surface area contributed by atoms with Crippen LogP contribution in [0.1, 0.15) is 23.6 Å². The highest BCUT2D eigenvalue weighted by Crippen LogP contribution is 2.27. The van der Waals surface area contributed by atoms with Crippen molar-refractivity contribution in [1.82, 2.24) is 5.32 Å². The molecule has 2 aromatic carbocycles. The van der Waals surface area contributed by atoms with Crippen molar-refractivity contribution in [3.63, 3.8) is 0 Å². The van der Waals surface area contributed by atoms with Gasteiger partial charge in [0.15, 0.2) is 0 Å². The summed E-state index contributed by atoms with van der Waals surface area (Å²) in [5.41, 5.74) is 3.69. The normalized spacial score (nSPS) is 10.5. The lowest BCUT2D eigenvalue weighted by Gasteiger charge is -2.11. The molecule has 0 aliphatic rings. The number of rotatable bonds is 5. The first-order chi connectivity index (χ1) is 9.20. The fraction of sp³-hybridized carbons (Fsp3) is 0.294. The molecule has 0 atom stereocenters. The van der Waals surface area contributed by atoms with Crippen LogP contribution < -0.4 is 10.1 Å². The van der Waals surface area contributed by atoms with E-state index in [0.717, 1.165) is 24.6 Å². The minimum absolute atomic E-state index is 0.875. The van der Waals surface area contributed by atoms with Crippen LogP contribution in [0.5, 0.6) is 11.5 Å². The summed E-state index contributed by atoms with van der Waals surface area (Å²) in [5, 5.41) is 3.32. The number of hydrogen-bond donors (Lipinski definition) is 1. The van der Waals surface area contributed by atoms with Crippen molar-refractivity contribution >= 4 is 0 Å². The van der Waals surface area contributed by atoms with E-state index in [1.54, 1.807) is 0 Å². The zero-order chi connectivity index (χ0) is 13.7. The minimum atomic E-state index is 0.875. The van der Waals surface area contributed by atoms with Crippen molar-refractivity contribution < 1.29 is 4.74 Å². The summed E-state index contributed by atoms with van der Waals surface area (Å²) >= 11 is 0. The van der Waals surface area contributed by atoms with Gasteiger partial charge >= 0.3 is 0 Å². The molecule has 0 amide bonds. The molecule has 0 saturated carbocycles. The van der Waals surface area contributed by atoms with E-state index in [9.17, 15) is 0 Å². The van der Waals surface area contributed by atoms with E-state index in [2.05, 4.69) is 44.3 Å². The molecule has 0 fully saturated rings. The third-order valence-electron chi connectivity index (χ3n) is 3.26. The van der Waals surface area contributed by atoms with Crippen molar-refractivity contribution in [3.05, 3.63) is 59.2 Å². The van der Waals surface area contributed by atoms with Gasteiger partial charge in [0.2, 0.25) is 0 Å². The van der Waals surface area contributed by atoms with Gasteiger partial charge in [0, 0.05) is 6.54 Å². The maximum Gasteiger partial charge on any atom is 0.130 e. The van der Waals surface area contributed by atoms with Crippen LogP contribution in [0.3, 0.4) is 0 Å². The lowest BCUT2D eigenvalue weighted by molar-refractivity contribution is 0.477. The van der Waals surface area contributed by atoms with Crippen molar-refractivity contribution in [3.8, 4) is 11.5 Å². The average molecular weight is 255 g/mol. The Morgan fingerprint density at radius 2 is 1.84 bits per heavy atom. The first kappa shape index (κ1) is 13.6. The highest BCUT2D eigenvalue weighted by molar-refractivity contribution is 5.42. The topological polar surface area (TPSA) is 21.3 Å². The van der Waals surface area contributed by atoms with Gasteiger partial charge in [-0.05, 0) is 55.3 Å². The third kappa shape index (κ3) is 3.58. The van der Waals surface area contributed by atoms with Crippen LogP contribution in [0.25, 0.3) is 0 Å². The summed E-state index contributed by atoms with van der Waals surface area (Å²) in [5.74, 6) is 1.82. The van der Waals surface area contributed by atoms with Gasteiger partial charge in [-0.3, -0.25) is 0 Å². The van der Waals surface area contributed by atoms with E-state index in [-0.39, 0.29) is 0 Å². The van der Waals surface area contributed by atoms with Crippen LogP contribution in [0.15, 0.2) is 42.5 Å². The molecule has 2 aromatic rings. The summed E-state index contributed by atoms with van der Waals surface area (Å²) < 4.78 is 5.98. The second-order valence-corrected chi connectivity index (χ2v) is 4.73. The zero-order valence-electron chi connectivity index (χ0n) is 11.9. The van der Waals surface area contributed by atoms with Gasteiger partial charge in [0.05, 0.1) is 0 Å². The summed E-state index contributed by atoms with van der Waals surface area (Å²) in [6.45, 7) is 8.15. The molecule has 0 spiro atoms. The molecule has 2 nitrogen and oxygen atoms in total. The van der Waals surface area contributed by atoms with Gasteiger partial charge in [-0.2, -0.15) is 0 Å². The summed E-state index contributed by atoms with van der Waals surface area (Å²) in [6.07, 6.45) is 0. The van der Waals surface area contributed by atoms with Gasteiger partial charge in [-0.15, -0.1) is 0 Å². The number of aryl methyl sites for hydroxylation is 1. The first-order valence-electron chi connectivity index (χ1n) is 6.74. The molecule has 0 radical (unpaired) electrons. The molecular formula is C17H21NO. The average Bonchev–Trinajstić information content (AvgIpc) is 2.42.